The van der Waals surface area contributed by atoms with Gasteiger partial charge in [-0.3, -0.25) is 4.79 Å². The molecule has 0 fully saturated rings. The third-order valence-corrected chi connectivity index (χ3v) is 3.75. The number of hydrogen-bond donors (Lipinski definition) is 2. The standard InChI is InChI=1S/C13H10BrIN2O/c14-8-4-5-12(15)11(6-8)13(18)17-10-3-1-2-9(16)7-10/h1-7H,16H2,(H,17,18). The van der Waals surface area contributed by atoms with Crippen LogP contribution >= 0.6 is 38.5 Å². The Balaban J connectivity index is 2.24. The van der Waals surface area contributed by atoms with E-state index in [0.29, 0.717) is 16.9 Å². The van der Waals surface area contributed by atoms with Crippen molar-refractivity contribution >= 4 is 55.8 Å². The van der Waals surface area contributed by atoms with Gasteiger partial charge in [0.1, 0.15) is 0 Å². The van der Waals surface area contributed by atoms with Gasteiger partial charge in [0.05, 0.1) is 5.56 Å². The van der Waals surface area contributed by atoms with E-state index in [1.807, 2.05) is 12.1 Å². The number of nitrogens with two attached hydrogens (primary N) is 1. The third-order valence-electron chi connectivity index (χ3n) is 2.32. The molecule has 0 bridgehead atoms. The molecule has 0 spiro atoms. The van der Waals surface area contributed by atoms with E-state index in [1.165, 1.54) is 0 Å². The Morgan fingerprint density at radius 1 is 1.22 bits per heavy atom. The molecule has 0 saturated carbocycles. The molecule has 0 saturated heterocycles. The van der Waals surface area contributed by atoms with Gasteiger partial charge in [-0.2, -0.15) is 0 Å². The average Bonchev–Trinajstić information content (AvgIpc) is 2.32. The molecular weight excluding hydrogens is 407 g/mol. The van der Waals surface area contributed by atoms with Crippen LogP contribution in [0.1, 0.15) is 10.4 Å². The van der Waals surface area contributed by atoms with Crippen molar-refractivity contribution in [1.29, 1.82) is 0 Å². The number of hydrogen-bond acceptors (Lipinski definition) is 2. The maximum absolute atomic E-state index is 12.1. The van der Waals surface area contributed by atoms with Gasteiger partial charge in [-0.25, -0.2) is 0 Å². The van der Waals surface area contributed by atoms with Gasteiger partial charge in [-0.1, -0.05) is 22.0 Å². The molecule has 3 N–H and O–H groups in total. The number of halogens is 2. The highest BCUT2D eigenvalue weighted by atomic mass is 127. The summed E-state index contributed by atoms with van der Waals surface area (Å²) in [6.07, 6.45) is 0. The van der Waals surface area contributed by atoms with Gasteiger partial charge >= 0.3 is 0 Å². The summed E-state index contributed by atoms with van der Waals surface area (Å²) in [6.45, 7) is 0. The summed E-state index contributed by atoms with van der Waals surface area (Å²) in [5.74, 6) is -0.147. The molecule has 0 heterocycles. The Labute approximate surface area is 127 Å². The smallest absolute Gasteiger partial charge is 0.256 e. The van der Waals surface area contributed by atoms with Gasteiger partial charge in [0, 0.05) is 19.4 Å². The molecule has 2 aromatic rings. The molecule has 0 aliphatic rings. The summed E-state index contributed by atoms with van der Waals surface area (Å²) >= 11 is 5.49. The lowest BCUT2D eigenvalue weighted by molar-refractivity contribution is 0.102. The largest absolute Gasteiger partial charge is 0.399 e. The van der Waals surface area contributed by atoms with Crippen molar-refractivity contribution < 1.29 is 4.79 Å². The van der Waals surface area contributed by atoms with Gasteiger partial charge in [-0.05, 0) is 59.0 Å². The summed E-state index contributed by atoms with van der Waals surface area (Å²) < 4.78 is 1.78. The Kier molecular flexibility index (Phi) is 4.23. The molecule has 2 rings (SSSR count). The molecule has 0 unspecified atom stereocenters. The first-order valence-corrected chi connectivity index (χ1v) is 7.05. The molecule has 0 aliphatic heterocycles. The molecular formula is C13H10BrIN2O. The quantitative estimate of drug-likeness (QED) is 0.576. The number of rotatable bonds is 2. The van der Waals surface area contributed by atoms with Crippen molar-refractivity contribution in [3.63, 3.8) is 0 Å². The van der Waals surface area contributed by atoms with Crippen molar-refractivity contribution in [3.8, 4) is 0 Å². The highest BCUT2D eigenvalue weighted by Crippen LogP contribution is 2.20. The second-order valence-electron chi connectivity index (χ2n) is 3.70. The van der Waals surface area contributed by atoms with Crippen LogP contribution in [-0.4, -0.2) is 5.91 Å². The fraction of sp³-hybridized carbons (Fsp3) is 0. The minimum Gasteiger partial charge on any atom is -0.399 e. The van der Waals surface area contributed by atoms with Crippen LogP contribution < -0.4 is 11.1 Å². The second kappa shape index (κ2) is 5.71. The van der Waals surface area contributed by atoms with Crippen LogP contribution in [0.4, 0.5) is 11.4 Å². The van der Waals surface area contributed by atoms with E-state index >= 15 is 0 Å². The number of carbonyl (C=O) groups is 1. The van der Waals surface area contributed by atoms with Crippen LogP contribution in [0.3, 0.4) is 0 Å². The first kappa shape index (κ1) is 13.4. The summed E-state index contributed by atoms with van der Waals surface area (Å²) in [4.78, 5) is 12.1. The van der Waals surface area contributed by atoms with Crippen molar-refractivity contribution in [2.75, 3.05) is 11.1 Å². The topological polar surface area (TPSA) is 55.1 Å². The Morgan fingerprint density at radius 3 is 2.72 bits per heavy atom. The Morgan fingerprint density at radius 2 is 2.00 bits per heavy atom. The monoisotopic (exact) mass is 416 g/mol. The lowest BCUT2D eigenvalue weighted by Gasteiger charge is -2.08. The van der Waals surface area contributed by atoms with Crippen LogP contribution in [0.5, 0.6) is 0 Å². The van der Waals surface area contributed by atoms with Gasteiger partial charge in [-0.15, -0.1) is 0 Å². The highest BCUT2D eigenvalue weighted by Gasteiger charge is 2.10. The molecule has 92 valence electrons. The lowest BCUT2D eigenvalue weighted by Crippen LogP contribution is -2.13. The Bertz CT molecular complexity index is 601. The minimum absolute atomic E-state index is 0.147. The number of carbonyl (C=O) groups excluding carboxylic acids is 1. The van der Waals surface area contributed by atoms with Crippen LogP contribution in [0.15, 0.2) is 46.9 Å². The van der Waals surface area contributed by atoms with E-state index in [4.69, 9.17) is 5.73 Å². The van der Waals surface area contributed by atoms with Gasteiger partial charge in [0.2, 0.25) is 0 Å². The maximum Gasteiger partial charge on any atom is 0.256 e. The minimum atomic E-state index is -0.147. The predicted molar refractivity (Wildman–Crippen MR) is 85.7 cm³/mol. The zero-order chi connectivity index (χ0) is 13.1. The van der Waals surface area contributed by atoms with Gasteiger partial charge < -0.3 is 11.1 Å². The molecule has 0 radical (unpaired) electrons. The van der Waals surface area contributed by atoms with Gasteiger partial charge in [0.25, 0.3) is 5.91 Å². The van der Waals surface area contributed by atoms with Crippen LogP contribution in [0.2, 0.25) is 0 Å². The summed E-state index contributed by atoms with van der Waals surface area (Å²) in [7, 11) is 0. The molecule has 0 aliphatic carbocycles. The van der Waals surface area contributed by atoms with E-state index in [2.05, 4.69) is 43.8 Å². The summed E-state index contributed by atoms with van der Waals surface area (Å²) in [6, 6.07) is 12.7. The van der Waals surface area contributed by atoms with Crippen LogP contribution in [0, 0.1) is 3.57 Å². The van der Waals surface area contributed by atoms with Crippen molar-refractivity contribution in [1.82, 2.24) is 0 Å². The number of nitrogens with one attached hydrogen (secondary N) is 1. The SMILES string of the molecule is Nc1cccc(NC(=O)c2cc(Br)ccc2I)c1. The second-order valence-corrected chi connectivity index (χ2v) is 5.78. The molecule has 2 aromatic carbocycles. The molecule has 0 aromatic heterocycles. The summed E-state index contributed by atoms with van der Waals surface area (Å²) in [5, 5.41) is 2.82. The normalized spacial score (nSPS) is 10.1. The number of anilines is 2. The molecule has 0 atom stereocenters. The average molecular weight is 417 g/mol. The zero-order valence-corrected chi connectivity index (χ0v) is 13.0. The Hall–Kier alpha value is -1.08. The third kappa shape index (κ3) is 3.23. The number of nitrogen functional groups attached to an aromatic ring is 1. The first-order valence-electron chi connectivity index (χ1n) is 5.18. The van der Waals surface area contributed by atoms with Gasteiger partial charge in [0.15, 0.2) is 0 Å². The van der Waals surface area contributed by atoms with Crippen LogP contribution in [-0.2, 0) is 0 Å². The van der Waals surface area contributed by atoms with Crippen molar-refractivity contribution in [2.45, 2.75) is 0 Å². The van der Waals surface area contributed by atoms with E-state index in [0.717, 1.165) is 8.04 Å². The fourth-order valence-electron chi connectivity index (χ4n) is 1.49. The van der Waals surface area contributed by atoms with E-state index in [1.54, 1.807) is 30.3 Å². The zero-order valence-electron chi connectivity index (χ0n) is 9.28. The van der Waals surface area contributed by atoms with Crippen LogP contribution in [0.25, 0.3) is 0 Å². The molecule has 3 nitrogen and oxygen atoms in total. The van der Waals surface area contributed by atoms with Crippen molar-refractivity contribution in [2.24, 2.45) is 0 Å². The highest BCUT2D eigenvalue weighted by molar-refractivity contribution is 14.1. The lowest BCUT2D eigenvalue weighted by atomic mass is 10.2. The molecule has 5 heteroatoms. The van der Waals surface area contributed by atoms with E-state index in [9.17, 15) is 4.79 Å². The first-order chi connectivity index (χ1) is 8.56. The van der Waals surface area contributed by atoms with E-state index in [-0.39, 0.29) is 5.91 Å². The summed E-state index contributed by atoms with van der Waals surface area (Å²) in [5.41, 5.74) is 7.61. The van der Waals surface area contributed by atoms with Crippen molar-refractivity contribution in [3.05, 3.63) is 56.1 Å². The molecule has 18 heavy (non-hydrogen) atoms. The molecule has 1 amide bonds. The predicted octanol–water partition coefficient (Wildman–Crippen LogP) is 3.89. The number of amides is 1. The van der Waals surface area contributed by atoms with E-state index < -0.39 is 0 Å². The number of benzene rings is 2. The fourth-order valence-corrected chi connectivity index (χ4v) is 2.43. The maximum atomic E-state index is 12.1.